The largest absolute Gasteiger partial charge is 0.486 e. The van der Waals surface area contributed by atoms with Gasteiger partial charge in [0, 0.05) is 18.2 Å². The predicted molar refractivity (Wildman–Crippen MR) is 107 cm³/mol. The van der Waals surface area contributed by atoms with Crippen LogP contribution in [0.3, 0.4) is 0 Å². The van der Waals surface area contributed by atoms with E-state index < -0.39 is 0 Å². The lowest BCUT2D eigenvalue weighted by molar-refractivity contribution is 0.305. The van der Waals surface area contributed by atoms with E-state index in [4.69, 9.17) is 4.74 Å². The Morgan fingerprint density at radius 3 is 2.81 bits per heavy atom. The zero-order valence-electron chi connectivity index (χ0n) is 14.2. The number of hydrogen-bond acceptors (Lipinski definition) is 7. The molecule has 0 aliphatic carbocycles. The van der Waals surface area contributed by atoms with Crippen LogP contribution in [0.2, 0.25) is 0 Å². The number of fused-ring (bicyclic) bond motifs is 1. The summed E-state index contributed by atoms with van der Waals surface area (Å²) in [5, 5.41) is 6.01. The Kier molecular flexibility index (Phi) is 5.24. The molecule has 4 aromatic rings. The summed E-state index contributed by atoms with van der Waals surface area (Å²) < 4.78 is 20.1. The van der Waals surface area contributed by atoms with Crippen LogP contribution in [-0.2, 0) is 19.4 Å². The van der Waals surface area contributed by atoms with Gasteiger partial charge >= 0.3 is 0 Å². The first kappa shape index (κ1) is 18.1. The van der Waals surface area contributed by atoms with E-state index in [9.17, 15) is 9.18 Å². The van der Waals surface area contributed by atoms with E-state index >= 15 is 0 Å². The molecule has 5 nitrogen and oxygen atoms in total. The van der Waals surface area contributed by atoms with Crippen LogP contribution in [0.1, 0.15) is 10.7 Å². The summed E-state index contributed by atoms with van der Waals surface area (Å²) in [5.74, 6) is 0.926. The van der Waals surface area contributed by atoms with Gasteiger partial charge in [-0.1, -0.05) is 11.8 Å². The molecule has 0 aliphatic rings. The summed E-state index contributed by atoms with van der Waals surface area (Å²) >= 11 is 4.45. The summed E-state index contributed by atoms with van der Waals surface area (Å²) in [6, 6.07) is 7.71. The van der Waals surface area contributed by atoms with Crippen LogP contribution in [-0.4, -0.2) is 14.5 Å². The van der Waals surface area contributed by atoms with E-state index in [1.165, 1.54) is 46.6 Å². The van der Waals surface area contributed by atoms with E-state index in [0.717, 1.165) is 15.5 Å². The van der Waals surface area contributed by atoms with Crippen LogP contribution in [0.25, 0.3) is 10.2 Å². The van der Waals surface area contributed by atoms with Crippen LogP contribution in [0.15, 0.2) is 51.0 Å². The molecule has 0 unspecified atom stereocenters. The topological polar surface area (TPSA) is 57.0 Å². The smallest absolute Gasteiger partial charge is 0.262 e. The van der Waals surface area contributed by atoms with E-state index in [0.29, 0.717) is 28.7 Å². The van der Waals surface area contributed by atoms with Gasteiger partial charge in [-0.25, -0.2) is 14.4 Å². The molecule has 3 heterocycles. The SMILES string of the molecule is Cn1c(SCc2csc(COc3ccc(F)cc3)n2)nc2sccc2c1=O. The normalized spacial score (nSPS) is 11.2. The minimum atomic E-state index is -0.292. The molecule has 0 atom stereocenters. The molecule has 0 spiro atoms. The Balaban J connectivity index is 1.40. The molecule has 27 heavy (non-hydrogen) atoms. The fourth-order valence-corrected chi connectivity index (χ4v) is 4.89. The minimum absolute atomic E-state index is 0.0320. The van der Waals surface area contributed by atoms with Crippen molar-refractivity contribution in [2.75, 3.05) is 0 Å². The van der Waals surface area contributed by atoms with Crippen LogP contribution in [0, 0.1) is 5.82 Å². The van der Waals surface area contributed by atoms with Crippen molar-refractivity contribution in [2.45, 2.75) is 17.5 Å². The second-order valence-corrected chi connectivity index (χ2v) is 8.44. The molecule has 9 heteroatoms. The van der Waals surface area contributed by atoms with Gasteiger partial charge in [0.15, 0.2) is 5.16 Å². The lowest BCUT2D eigenvalue weighted by Gasteiger charge is -2.06. The zero-order chi connectivity index (χ0) is 18.8. The zero-order valence-corrected chi connectivity index (χ0v) is 16.7. The van der Waals surface area contributed by atoms with Crippen molar-refractivity contribution in [3.05, 3.63) is 68.0 Å². The summed E-state index contributed by atoms with van der Waals surface area (Å²) in [6.07, 6.45) is 0. The molecule has 4 rings (SSSR count). The molecule has 0 saturated carbocycles. The molecule has 1 aromatic carbocycles. The van der Waals surface area contributed by atoms with Crippen molar-refractivity contribution in [1.82, 2.24) is 14.5 Å². The van der Waals surface area contributed by atoms with Gasteiger partial charge in [-0.3, -0.25) is 9.36 Å². The number of thioether (sulfide) groups is 1. The van der Waals surface area contributed by atoms with E-state index in [1.807, 2.05) is 10.8 Å². The number of ether oxygens (including phenoxy) is 1. The summed E-state index contributed by atoms with van der Waals surface area (Å²) in [5.41, 5.74) is 0.874. The fraction of sp³-hybridized carbons (Fsp3) is 0.167. The minimum Gasteiger partial charge on any atom is -0.486 e. The Morgan fingerprint density at radius 2 is 2.00 bits per heavy atom. The van der Waals surface area contributed by atoms with Crippen molar-refractivity contribution < 1.29 is 9.13 Å². The highest BCUT2D eigenvalue weighted by molar-refractivity contribution is 7.98. The van der Waals surface area contributed by atoms with Gasteiger partial charge in [0.1, 0.15) is 28.0 Å². The molecule has 0 bridgehead atoms. The van der Waals surface area contributed by atoms with Crippen molar-refractivity contribution in [1.29, 1.82) is 0 Å². The number of nitrogens with zero attached hydrogens (tertiary/aromatic N) is 3. The second-order valence-electron chi connectivity index (χ2n) is 5.66. The Morgan fingerprint density at radius 1 is 1.19 bits per heavy atom. The van der Waals surface area contributed by atoms with Crippen LogP contribution >= 0.6 is 34.4 Å². The lowest BCUT2D eigenvalue weighted by Crippen LogP contribution is -2.19. The quantitative estimate of drug-likeness (QED) is 0.341. The third-order valence-electron chi connectivity index (χ3n) is 3.79. The Hall–Kier alpha value is -2.23. The van der Waals surface area contributed by atoms with Crippen molar-refractivity contribution in [3.8, 4) is 5.75 Å². The van der Waals surface area contributed by atoms with Crippen LogP contribution in [0.5, 0.6) is 5.75 Å². The molecule has 0 radical (unpaired) electrons. The Labute approximate surface area is 166 Å². The maximum absolute atomic E-state index is 12.9. The van der Waals surface area contributed by atoms with Gasteiger partial charge in [-0.2, -0.15) is 0 Å². The van der Waals surface area contributed by atoms with Gasteiger partial charge in [0.05, 0.1) is 11.1 Å². The van der Waals surface area contributed by atoms with Gasteiger partial charge < -0.3 is 4.74 Å². The first-order valence-corrected chi connectivity index (χ1v) is 10.7. The molecule has 0 aliphatic heterocycles. The lowest BCUT2D eigenvalue weighted by atomic mass is 10.3. The standard InChI is InChI=1S/C18H14FN3O2S3/c1-22-17(23)14-6-7-25-16(14)21-18(22)27-10-12-9-26-15(20-12)8-24-13-4-2-11(19)3-5-13/h2-7,9H,8,10H2,1H3. The van der Waals surface area contributed by atoms with Crippen molar-refractivity contribution in [3.63, 3.8) is 0 Å². The van der Waals surface area contributed by atoms with Crippen molar-refractivity contribution in [2.24, 2.45) is 7.05 Å². The number of halogens is 1. The third kappa shape index (κ3) is 4.05. The summed E-state index contributed by atoms with van der Waals surface area (Å²) in [4.78, 5) is 22.2. The monoisotopic (exact) mass is 419 g/mol. The number of thiophene rings is 1. The predicted octanol–water partition coefficient (Wildman–Crippen LogP) is 4.46. The summed E-state index contributed by atoms with van der Waals surface area (Å²) in [7, 11) is 1.73. The van der Waals surface area contributed by atoms with Gasteiger partial charge in [0.2, 0.25) is 0 Å². The number of aromatic nitrogens is 3. The van der Waals surface area contributed by atoms with Gasteiger partial charge in [-0.05, 0) is 35.7 Å². The maximum atomic E-state index is 12.9. The number of hydrogen-bond donors (Lipinski definition) is 0. The fourth-order valence-electron chi connectivity index (χ4n) is 2.41. The highest BCUT2D eigenvalue weighted by atomic mass is 32.2. The number of rotatable bonds is 6. The average molecular weight is 420 g/mol. The molecule has 0 fully saturated rings. The van der Waals surface area contributed by atoms with Crippen LogP contribution in [0.4, 0.5) is 4.39 Å². The second kappa shape index (κ2) is 7.79. The number of thiazole rings is 1. The highest BCUT2D eigenvalue weighted by Gasteiger charge is 2.11. The number of benzene rings is 1. The maximum Gasteiger partial charge on any atom is 0.262 e. The summed E-state index contributed by atoms with van der Waals surface area (Å²) in [6.45, 7) is 0.332. The molecular weight excluding hydrogens is 405 g/mol. The average Bonchev–Trinajstić information content (AvgIpc) is 3.32. The first-order valence-electron chi connectivity index (χ1n) is 7.99. The molecule has 3 aromatic heterocycles. The van der Waals surface area contributed by atoms with E-state index in [-0.39, 0.29) is 11.4 Å². The molecule has 138 valence electrons. The third-order valence-corrected chi connectivity index (χ3v) is 6.53. The van der Waals surface area contributed by atoms with Crippen LogP contribution < -0.4 is 10.3 Å². The first-order chi connectivity index (χ1) is 13.1. The molecule has 0 N–H and O–H groups in total. The van der Waals surface area contributed by atoms with Gasteiger partial charge in [0.25, 0.3) is 5.56 Å². The van der Waals surface area contributed by atoms with E-state index in [2.05, 4.69) is 9.97 Å². The highest BCUT2D eigenvalue weighted by Crippen LogP contribution is 2.24. The molecule has 0 saturated heterocycles. The Bertz CT molecular complexity index is 1130. The van der Waals surface area contributed by atoms with Crippen molar-refractivity contribution >= 4 is 44.7 Å². The van der Waals surface area contributed by atoms with Gasteiger partial charge in [-0.15, -0.1) is 22.7 Å². The molecule has 0 amide bonds. The molecular formula is C18H14FN3O2S3. The van der Waals surface area contributed by atoms with E-state index in [1.54, 1.807) is 29.8 Å².